The van der Waals surface area contributed by atoms with Crippen LogP contribution in [0, 0.1) is 0 Å². The van der Waals surface area contributed by atoms with E-state index in [0.29, 0.717) is 15.2 Å². The minimum absolute atomic E-state index is 0.0237. The van der Waals surface area contributed by atoms with Crippen molar-refractivity contribution in [2.24, 2.45) is 0 Å². The number of aldehydes is 1. The van der Waals surface area contributed by atoms with Gasteiger partial charge in [0, 0.05) is 14.5 Å². The molecule has 1 aromatic carbocycles. The normalized spacial score (nSPS) is 9.69. The molecule has 0 unspecified atom stereocenters. The molecular formula is C8H4Br2O3. The first kappa shape index (κ1) is 10.4. The van der Waals surface area contributed by atoms with Gasteiger partial charge in [-0.1, -0.05) is 0 Å². The van der Waals surface area contributed by atoms with Crippen LogP contribution in [0.3, 0.4) is 0 Å². The van der Waals surface area contributed by atoms with Crippen LogP contribution in [0.2, 0.25) is 0 Å². The number of carbonyl (C=O) groups is 2. The quantitative estimate of drug-likeness (QED) is 0.855. The first-order chi connectivity index (χ1) is 6.07. The lowest BCUT2D eigenvalue weighted by molar-refractivity contribution is 0.0693. The molecule has 0 aliphatic heterocycles. The SMILES string of the molecule is O=Cc1ccc(Br)c(Br)c1C(=O)O. The second-order valence-electron chi connectivity index (χ2n) is 2.25. The topological polar surface area (TPSA) is 54.4 Å². The van der Waals surface area contributed by atoms with Crippen LogP contribution in [0.1, 0.15) is 20.7 Å². The number of carbonyl (C=O) groups excluding carboxylic acids is 1. The molecule has 13 heavy (non-hydrogen) atoms. The molecule has 0 aliphatic rings. The maximum absolute atomic E-state index is 10.7. The summed E-state index contributed by atoms with van der Waals surface area (Å²) in [6.45, 7) is 0. The van der Waals surface area contributed by atoms with Crippen molar-refractivity contribution in [3.8, 4) is 0 Å². The van der Waals surface area contributed by atoms with Gasteiger partial charge in [0.1, 0.15) is 0 Å². The van der Waals surface area contributed by atoms with Gasteiger partial charge in [-0.3, -0.25) is 4.79 Å². The van der Waals surface area contributed by atoms with Gasteiger partial charge < -0.3 is 5.11 Å². The van der Waals surface area contributed by atoms with E-state index in [4.69, 9.17) is 5.11 Å². The second kappa shape index (κ2) is 4.02. The summed E-state index contributed by atoms with van der Waals surface area (Å²) in [5, 5.41) is 8.79. The Bertz CT molecular complexity index is 374. The molecule has 0 saturated carbocycles. The molecule has 5 heteroatoms. The smallest absolute Gasteiger partial charge is 0.337 e. The minimum atomic E-state index is -1.13. The van der Waals surface area contributed by atoms with Crippen molar-refractivity contribution in [1.82, 2.24) is 0 Å². The predicted octanol–water partition coefficient (Wildman–Crippen LogP) is 2.72. The molecule has 3 nitrogen and oxygen atoms in total. The number of hydrogen-bond donors (Lipinski definition) is 1. The number of rotatable bonds is 2. The summed E-state index contributed by atoms with van der Waals surface area (Å²) in [6, 6.07) is 3.06. The van der Waals surface area contributed by atoms with Crippen molar-refractivity contribution in [1.29, 1.82) is 0 Å². The molecule has 0 radical (unpaired) electrons. The molecule has 0 spiro atoms. The molecule has 0 heterocycles. The summed E-state index contributed by atoms with van der Waals surface area (Å²) >= 11 is 6.24. The lowest BCUT2D eigenvalue weighted by atomic mass is 10.1. The van der Waals surface area contributed by atoms with Crippen LogP contribution >= 0.6 is 31.9 Å². The number of aromatic carboxylic acids is 1. The van der Waals surface area contributed by atoms with E-state index in [9.17, 15) is 9.59 Å². The lowest BCUT2D eigenvalue weighted by Crippen LogP contribution is -2.03. The van der Waals surface area contributed by atoms with Crippen LogP contribution in [0.4, 0.5) is 0 Å². The van der Waals surface area contributed by atoms with E-state index in [0.717, 1.165) is 0 Å². The lowest BCUT2D eigenvalue weighted by Gasteiger charge is -2.03. The average molecular weight is 308 g/mol. The zero-order chi connectivity index (χ0) is 10.0. The van der Waals surface area contributed by atoms with E-state index >= 15 is 0 Å². The van der Waals surface area contributed by atoms with Crippen LogP contribution in [0.25, 0.3) is 0 Å². The first-order valence-electron chi connectivity index (χ1n) is 3.24. The fraction of sp³-hybridized carbons (Fsp3) is 0. The molecule has 0 saturated heterocycles. The van der Waals surface area contributed by atoms with Gasteiger partial charge in [0.15, 0.2) is 6.29 Å². The monoisotopic (exact) mass is 306 g/mol. The molecule has 0 aliphatic carbocycles. The molecule has 68 valence electrons. The zero-order valence-electron chi connectivity index (χ0n) is 6.25. The highest BCUT2D eigenvalue weighted by molar-refractivity contribution is 9.13. The van der Waals surface area contributed by atoms with Crippen LogP contribution in [-0.4, -0.2) is 17.4 Å². The van der Waals surface area contributed by atoms with Gasteiger partial charge in [-0.05, 0) is 44.0 Å². The van der Waals surface area contributed by atoms with Crippen molar-refractivity contribution in [2.75, 3.05) is 0 Å². The minimum Gasteiger partial charge on any atom is -0.478 e. The Morgan fingerprint density at radius 2 is 2.00 bits per heavy atom. The molecule has 0 aromatic heterocycles. The maximum Gasteiger partial charge on any atom is 0.337 e. The van der Waals surface area contributed by atoms with Crippen LogP contribution < -0.4 is 0 Å². The van der Waals surface area contributed by atoms with E-state index in [1.165, 1.54) is 6.07 Å². The van der Waals surface area contributed by atoms with Crippen molar-refractivity contribution < 1.29 is 14.7 Å². The molecule has 1 rings (SSSR count). The summed E-state index contributed by atoms with van der Waals surface area (Å²) in [4.78, 5) is 21.2. The number of hydrogen-bond acceptors (Lipinski definition) is 2. The zero-order valence-corrected chi connectivity index (χ0v) is 9.42. The van der Waals surface area contributed by atoms with Crippen molar-refractivity contribution in [3.05, 3.63) is 32.2 Å². The van der Waals surface area contributed by atoms with E-state index < -0.39 is 5.97 Å². The van der Waals surface area contributed by atoms with Gasteiger partial charge in [-0.25, -0.2) is 4.79 Å². The number of carboxylic acid groups (broad SMARTS) is 1. The third-order valence-corrected chi connectivity index (χ3v) is 3.48. The summed E-state index contributed by atoms with van der Waals surface area (Å²) in [6.07, 6.45) is 0.515. The highest BCUT2D eigenvalue weighted by Crippen LogP contribution is 2.28. The average Bonchev–Trinajstić information content (AvgIpc) is 2.08. The Kier molecular flexibility index (Phi) is 3.22. The summed E-state index contributed by atoms with van der Waals surface area (Å²) < 4.78 is 0.986. The Morgan fingerprint density at radius 1 is 1.38 bits per heavy atom. The first-order valence-corrected chi connectivity index (χ1v) is 4.83. The fourth-order valence-electron chi connectivity index (χ4n) is 0.881. The number of benzene rings is 1. The van der Waals surface area contributed by atoms with Crippen LogP contribution in [0.5, 0.6) is 0 Å². The molecule has 0 amide bonds. The summed E-state index contributed by atoms with van der Waals surface area (Å²) in [5.41, 5.74) is 0.131. The highest BCUT2D eigenvalue weighted by atomic mass is 79.9. The highest BCUT2D eigenvalue weighted by Gasteiger charge is 2.15. The third-order valence-electron chi connectivity index (χ3n) is 1.47. The van der Waals surface area contributed by atoms with Crippen LogP contribution in [0.15, 0.2) is 21.1 Å². The van der Waals surface area contributed by atoms with Gasteiger partial charge in [0.05, 0.1) is 5.56 Å². The Hall–Kier alpha value is -0.680. The molecule has 0 fully saturated rings. The molecular weight excluding hydrogens is 304 g/mol. The number of halogens is 2. The summed E-state index contributed by atoms with van der Waals surface area (Å²) in [5.74, 6) is -1.13. The second-order valence-corrected chi connectivity index (χ2v) is 3.90. The van der Waals surface area contributed by atoms with E-state index in [2.05, 4.69) is 31.9 Å². The van der Waals surface area contributed by atoms with Gasteiger partial charge in [0.2, 0.25) is 0 Å². The van der Waals surface area contributed by atoms with Gasteiger partial charge in [0.25, 0.3) is 0 Å². The van der Waals surface area contributed by atoms with E-state index in [1.54, 1.807) is 6.07 Å². The predicted molar refractivity (Wildman–Crippen MR) is 54.2 cm³/mol. The van der Waals surface area contributed by atoms with Gasteiger partial charge >= 0.3 is 5.97 Å². The fourth-order valence-corrected chi connectivity index (χ4v) is 1.74. The Morgan fingerprint density at radius 3 is 2.46 bits per heavy atom. The number of carboxylic acids is 1. The van der Waals surface area contributed by atoms with Crippen molar-refractivity contribution in [3.63, 3.8) is 0 Å². The molecule has 0 atom stereocenters. The molecule has 0 bridgehead atoms. The molecule has 1 aromatic rings. The van der Waals surface area contributed by atoms with Crippen molar-refractivity contribution in [2.45, 2.75) is 0 Å². The van der Waals surface area contributed by atoms with Crippen LogP contribution in [-0.2, 0) is 0 Å². The largest absolute Gasteiger partial charge is 0.478 e. The third kappa shape index (κ3) is 1.97. The Labute approximate surface area is 91.0 Å². The van der Waals surface area contributed by atoms with Gasteiger partial charge in [-0.15, -0.1) is 0 Å². The van der Waals surface area contributed by atoms with Crippen molar-refractivity contribution >= 4 is 44.1 Å². The standard InChI is InChI=1S/C8H4Br2O3/c9-5-2-1-4(3-11)6(7(5)10)8(12)13/h1-3H,(H,12,13). The van der Waals surface area contributed by atoms with E-state index in [1.807, 2.05) is 0 Å². The maximum atomic E-state index is 10.7. The molecule has 1 N–H and O–H groups in total. The summed E-state index contributed by atoms with van der Waals surface area (Å²) in [7, 11) is 0. The van der Waals surface area contributed by atoms with E-state index in [-0.39, 0.29) is 11.1 Å². The Balaban J connectivity index is 3.50. The van der Waals surface area contributed by atoms with Gasteiger partial charge in [-0.2, -0.15) is 0 Å².